The minimum absolute atomic E-state index is 0.0651. The van der Waals surface area contributed by atoms with Crippen LogP contribution in [0.2, 0.25) is 0 Å². The zero-order valence-electron chi connectivity index (χ0n) is 19.1. The second kappa shape index (κ2) is 10.2. The van der Waals surface area contributed by atoms with Crippen molar-refractivity contribution >= 4 is 56.9 Å². The number of ether oxygens (including phenoxy) is 2. The van der Waals surface area contributed by atoms with Gasteiger partial charge in [-0.05, 0) is 48.4 Å². The lowest BCUT2D eigenvalue weighted by Crippen LogP contribution is -2.47. The van der Waals surface area contributed by atoms with E-state index >= 15 is 0 Å². The van der Waals surface area contributed by atoms with Gasteiger partial charge in [0.1, 0.15) is 10.9 Å². The van der Waals surface area contributed by atoms with E-state index in [1.165, 1.54) is 0 Å². The maximum atomic E-state index is 12.9. The molecule has 2 aromatic rings. The molecule has 3 saturated heterocycles. The third-order valence-electron chi connectivity index (χ3n) is 6.57. The van der Waals surface area contributed by atoms with Crippen molar-refractivity contribution < 1.29 is 23.9 Å². The van der Waals surface area contributed by atoms with E-state index in [9.17, 15) is 14.4 Å². The Bertz CT molecular complexity index is 1110. The van der Waals surface area contributed by atoms with Gasteiger partial charge in [-0.1, -0.05) is 28.1 Å². The van der Waals surface area contributed by atoms with Crippen LogP contribution in [-0.2, 0) is 28.7 Å². The Balaban J connectivity index is 1.17. The minimum Gasteiger partial charge on any atom is -0.454 e. The molecule has 10 heteroatoms. The fourth-order valence-electron chi connectivity index (χ4n) is 4.83. The van der Waals surface area contributed by atoms with Gasteiger partial charge in [-0.25, -0.2) is 4.79 Å². The predicted molar refractivity (Wildman–Crippen MR) is 137 cm³/mol. The lowest BCUT2D eigenvalue weighted by atomic mass is 10.0. The van der Waals surface area contributed by atoms with Crippen LogP contribution in [0, 0.1) is 0 Å². The Labute approximate surface area is 216 Å². The van der Waals surface area contributed by atoms with Gasteiger partial charge in [-0.2, -0.15) is 0 Å². The van der Waals surface area contributed by atoms with Gasteiger partial charge in [0.05, 0.1) is 13.2 Å². The zero-order chi connectivity index (χ0) is 24.4. The molecular weight excluding hydrogens is 534 g/mol. The lowest BCUT2D eigenvalue weighted by Gasteiger charge is -2.33. The van der Waals surface area contributed by atoms with Crippen molar-refractivity contribution in [3.05, 3.63) is 58.6 Å². The Morgan fingerprint density at radius 3 is 2.54 bits per heavy atom. The molecule has 3 fully saturated rings. The molecule has 0 spiro atoms. The van der Waals surface area contributed by atoms with Gasteiger partial charge in [0, 0.05) is 41.1 Å². The van der Waals surface area contributed by atoms with Gasteiger partial charge < -0.3 is 24.6 Å². The van der Waals surface area contributed by atoms with Crippen molar-refractivity contribution in [2.75, 3.05) is 48.9 Å². The Hall–Kier alpha value is -2.56. The number of fused-ring (bicyclic) bond motifs is 1. The summed E-state index contributed by atoms with van der Waals surface area (Å²) in [6, 6.07) is 14.7. The molecule has 3 aliphatic rings. The normalized spacial score (nSPS) is 23.8. The number of morpholine rings is 1. The molecule has 35 heavy (non-hydrogen) atoms. The van der Waals surface area contributed by atoms with Crippen molar-refractivity contribution in [3.63, 3.8) is 0 Å². The number of esters is 1. The van der Waals surface area contributed by atoms with Crippen LogP contribution < -0.4 is 10.2 Å². The molecule has 0 aliphatic carbocycles. The van der Waals surface area contributed by atoms with E-state index in [0.29, 0.717) is 37.5 Å². The number of anilines is 2. The lowest BCUT2D eigenvalue weighted by molar-refractivity contribution is -0.155. The van der Waals surface area contributed by atoms with Gasteiger partial charge in [0.15, 0.2) is 6.61 Å². The number of hydrogen-bond donors (Lipinski definition) is 1. The number of thioether (sulfide) groups is 1. The largest absolute Gasteiger partial charge is 0.454 e. The average Bonchev–Trinajstić information content (AvgIpc) is 3.43. The van der Waals surface area contributed by atoms with Crippen molar-refractivity contribution in [1.82, 2.24) is 4.90 Å². The second-order valence-corrected chi connectivity index (χ2v) is 10.9. The van der Waals surface area contributed by atoms with Gasteiger partial charge in [0.25, 0.3) is 5.91 Å². The van der Waals surface area contributed by atoms with E-state index in [0.717, 1.165) is 28.8 Å². The predicted octanol–water partition coefficient (Wildman–Crippen LogP) is 3.36. The summed E-state index contributed by atoms with van der Waals surface area (Å²) in [5.41, 5.74) is 2.69. The number of halogens is 1. The number of amides is 2. The fraction of sp³-hybridized carbons (Fsp3) is 0.400. The summed E-state index contributed by atoms with van der Waals surface area (Å²) in [4.78, 5) is 41.4. The van der Waals surface area contributed by atoms with Crippen LogP contribution >= 0.6 is 27.7 Å². The van der Waals surface area contributed by atoms with E-state index in [-0.39, 0.29) is 5.91 Å². The third-order valence-corrected chi connectivity index (χ3v) is 8.69. The summed E-state index contributed by atoms with van der Waals surface area (Å²) < 4.78 is 11.7. The van der Waals surface area contributed by atoms with Crippen molar-refractivity contribution in [2.24, 2.45) is 0 Å². The maximum Gasteiger partial charge on any atom is 0.330 e. The van der Waals surface area contributed by atoms with Gasteiger partial charge in [-0.3, -0.25) is 9.59 Å². The van der Waals surface area contributed by atoms with Crippen LogP contribution in [-0.4, -0.2) is 67.4 Å². The number of hydrogen-bond acceptors (Lipinski definition) is 7. The molecular formula is C25H26BrN3O5S. The van der Waals surface area contributed by atoms with E-state index in [2.05, 4.69) is 26.1 Å². The first kappa shape index (κ1) is 24.1. The monoisotopic (exact) mass is 559 g/mol. The summed E-state index contributed by atoms with van der Waals surface area (Å²) >= 11 is 5.03. The number of nitrogens with one attached hydrogen (secondary N) is 1. The minimum atomic E-state index is -0.709. The zero-order valence-corrected chi connectivity index (χ0v) is 21.5. The number of nitrogens with zero attached hydrogens (tertiary/aromatic N) is 2. The molecule has 0 radical (unpaired) electrons. The number of carbonyl (C=O) groups excluding carboxylic acids is 3. The first-order valence-electron chi connectivity index (χ1n) is 11.6. The summed E-state index contributed by atoms with van der Waals surface area (Å²) in [5.74, 6) is -0.602. The van der Waals surface area contributed by atoms with Crippen molar-refractivity contribution in [1.29, 1.82) is 0 Å². The average molecular weight is 560 g/mol. The highest BCUT2D eigenvalue weighted by Crippen LogP contribution is 2.54. The van der Waals surface area contributed by atoms with Gasteiger partial charge in [-0.15, -0.1) is 11.8 Å². The molecule has 184 valence electrons. The second-order valence-electron chi connectivity index (χ2n) is 8.68. The highest BCUT2D eigenvalue weighted by molar-refractivity contribution is 9.10. The van der Waals surface area contributed by atoms with Gasteiger partial charge in [0.2, 0.25) is 5.91 Å². The molecule has 0 aromatic heterocycles. The number of carbonyl (C=O) groups is 3. The molecule has 5 rings (SSSR count). The molecule has 2 aromatic carbocycles. The third kappa shape index (κ3) is 4.92. The SMILES string of the molecule is O=C(COC(=O)[C@H]1CS[C@@]2(c3ccc(Br)cc3)CCC(=O)N12)Nc1ccc(N2CCOCC2)cc1. The number of benzene rings is 2. The van der Waals surface area contributed by atoms with Crippen LogP contribution in [0.5, 0.6) is 0 Å². The van der Waals surface area contributed by atoms with E-state index < -0.39 is 29.4 Å². The van der Waals surface area contributed by atoms with E-state index in [1.807, 2.05) is 48.5 Å². The molecule has 2 amide bonds. The van der Waals surface area contributed by atoms with Crippen LogP contribution in [0.3, 0.4) is 0 Å². The van der Waals surface area contributed by atoms with Crippen LogP contribution in [0.25, 0.3) is 0 Å². The summed E-state index contributed by atoms with van der Waals surface area (Å²) in [6.45, 7) is 2.68. The molecule has 0 unspecified atom stereocenters. The molecule has 3 heterocycles. The highest BCUT2D eigenvalue weighted by atomic mass is 79.9. The van der Waals surface area contributed by atoms with Crippen LogP contribution in [0.4, 0.5) is 11.4 Å². The fourth-order valence-corrected chi connectivity index (χ4v) is 6.74. The first-order valence-corrected chi connectivity index (χ1v) is 13.4. The highest BCUT2D eigenvalue weighted by Gasteiger charge is 2.57. The molecule has 2 atom stereocenters. The smallest absolute Gasteiger partial charge is 0.330 e. The summed E-state index contributed by atoms with van der Waals surface area (Å²) in [5, 5.41) is 2.76. The molecule has 0 saturated carbocycles. The molecule has 1 N–H and O–H groups in total. The first-order chi connectivity index (χ1) is 17.0. The van der Waals surface area contributed by atoms with Gasteiger partial charge >= 0.3 is 5.97 Å². The van der Waals surface area contributed by atoms with Crippen molar-refractivity contribution in [3.8, 4) is 0 Å². The van der Waals surface area contributed by atoms with E-state index in [1.54, 1.807) is 16.7 Å². The van der Waals surface area contributed by atoms with E-state index in [4.69, 9.17) is 9.47 Å². The van der Waals surface area contributed by atoms with Crippen molar-refractivity contribution in [2.45, 2.75) is 23.8 Å². The number of rotatable bonds is 6. The van der Waals surface area contributed by atoms with Crippen LogP contribution in [0.1, 0.15) is 18.4 Å². The standard InChI is InChI=1S/C25H26BrN3O5S/c26-18-3-1-17(2-4-18)25-10-9-23(31)29(25)21(16-35-25)24(32)34-15-22(30)27-19-5-7-20(8-6-19)28-11-13-33-14-12-28/h1-8,21H,9-16H2,(H,27,30)/t21-,25-/m1/s1. The Morgan fingerprint density at radius 1 is 1.11 bits per heavy atom. The Kier molecular flexibility index (Phi) is 7.04. The molecule has 0 bridgehead atoms. The quantitative estimate of drug-likeness (QED) is 0.543. The summed E-state index contributed by atoms with van der Waals surface area (Å²) in [6.07, 6.45) is 1.02. The Morgan fingerprint density at radius 2 is 1.83 bits per heavy atom. The maximum absolute atomic E-state index is 12.9. The molecule has 8 nitrogen and oxygen atoms in total. The topological polar surface area (TPSA) is 88.2 Å². The summed E-state index contributed by atoms with van der Waals surface area (Å²) in [7, 11) is 0. The molecule has 3 aliphatic heterocycles. The van der Waals surface area contributed by atoms with Crippen LogP contribution in [0.15, 0.2) is 53.0 Å².